The molecule has 1 aliphatic rings. The van der Waals surface area contributed by atoms with Crippen LogP contribution in [0.1, 0.15) is 10.6 Å². The molecule has 3 rings (SSSR count). The van der Waals surface area contributed by atoms with E-state index in [0.29, 0.717) is 32.0 Å². The molecule has 2 heterocycles. The fraction of sp³-hybridized carbons (Fsp3) is 0.286. The lowest BCUT2D eigenvalue weighted by atomic mass is 10.1. The maximum Gasteiger partial charge on any atom is 0.292 e. The van der Waals surface area contributed by atoms with Crippen molar-refractivity contribution in [2.75, 3.05) is 26.3 Å². The van der Waals surface area contributed by atoms with Crippen LogP contribution in [0.5, 0.6) is 0 Å². The van der Waals surface area contributed by atoms with Crippen molar-refractivity contribution in [3.05, 3.63) is 42.2 Å². The SMILES string of the molecule is O=C(c1cc(-c2cc[c]cc2)no1)N1CCOCC1. The van der Waals surface area contributed by atoms with Gasteiger partial charge in [0, 0.05) is 24.7 Å². The minimum Gasteiger partial charge on any atom is -0.378 e. The van der Waals surface area contributed by atoms with Crippen molar-refractivity contribution in [2.24, 2.45) is 0 Å². The number of hydrogen-bond donors (Lipinski definition) is 0. The summed E-state index contributed by atoms with van der Waals surface area (Å²) in [5.74, 6) is 0.134. The number of ether oxygens (including phenoxy) is 1. The smallest absolute Gasteiger partial charge is 0.292 e. The molecular formula is C14H13N2O3. The minimum absolute atomic E-state index is 0.135. The Morgan fingerprint density at radius 2 is 2.00 bits per heavy atom. The highest BCUT2D eigenvalue weighted by molar-refractivity contribution is 5.92. The van der Waals surface area contributed by atoms with Gasteiger partial charge in [-0.2, -0.15) is 0 Å². The zero-order chi connectivity index (χ0) is 13.1. The summed E-state index contributed by atoms with van der Waals surface area (Å²) in [5, 5.41) is 3.93. The number of carbonyl (C=O) groups excluding carboxylic acids is 1. The van der Waals surface area contributed by atoms with Gasteiger partial charge in [-0.1, -0.05) is 29.4 Å². The molecule has 1 fully saturated rings. The summed E-state index contributed by atoms with van der Waals surface area (Å²) in [6.07, 6.45) is 0. The second-order valence-corrected chi connectivity index (χ2v) is 4.27. The molecule has 19 heavy (non-hydrogen) atoms. The standard InChI is InChI=1S/C14H13N2O3/c17-14(16-6-8-18-9-7-16)13-10-12(15-19-13)11-4-2-1-3-5-11/h2-5,10H,6-9H2. The molecule has 0 saturated carbocycles. The number of aromatic nitrogens is 1. The maximum absolute atomic E-state index is 12.2. The molecule has 1 aromatic carbocycles. The highest BCUT2D eigenvalue weighted by atomic mass is 16.5. The van der Waals surface area contributed by atoms with E-state index in [1.165, 1.54) is 0 Å². The van der Waals surface area contributed by atoms with E-state index in [4.69, 9.17) is 9.26 Å². The van der Waals surface area contributed by atoms with Crippen molar-refractivity contribution < 1.29 is 14.1 Å². The molecule has 0 aliphatic carbocycles. The molecule has 1 aromatic heterocycles. The summed E-state index contributed by atoms with van der Waals surface area (Å²) < 4.78 is 10.4. The Kier molecular flexibility index (Phi) is 3.29. The molecule has 0 bridgehead atoms. The zero-order valence-corrected chi connectivity index (χ0v) is 10.3. The Labute approximate surface area is 110 Å². The molecule has 1 radical (unpaired) electrons. The number of carbonyl (C=O) groups is 1. The molecule has 5 nitrogen and oxygen atoms in total. The summed E-state index contributed by atoms with van der Waals surface area (Å²) in [6.45, 7) is 2.33. The summed E-state index contributed by atoms with van der Waals surface area (Å²) >= 11 is 0. The first-order chi connectivity index (χ1) is 9.34. The third kappa shape index (κ3) is 2.51. The molecular weight excluding hydrogens is 244 g/mol. The van der Waals surface area contributed by atoms with Gasteiger partial charge in [0.2, 0.25) is 5.76 Å². The van der Waals surface area contributed by atoms with Gasteiger partial charge in [0.25, 0.3) is 5.91 Å². The quantitative estimate of drug-likeness (QED) is 0.820. The lowest BCUT2D eigenvalue weighted by molar-refractivity contribution is 0.0277. The lowest BCUT2D eigenvalue weighted by Crippen LogP contribution is -2.40. The van der Waals surface area contributed by atoms with Crippen LogP contribution in [0, 0.1) is 6.07 Å². The van der Waals surface area contributed by atoms with Crippen LogP contribution in [-0.2, 0) is 4.74 Å². The van der Waals surface area contributed by atoms with Gasteiger partial charge in [0.1, 0.15) is 5.69 Å². The van der Waals surface area contributed by atoms with Crippen molar-refractivity contribution in [1.29, 1.82) is 0 Å². The number of rotatable bonds is 2. The normalized spacial score (nSPS) is 15.5. The van der Waals surface area contributed by atoms with E-state index in [2.05, 4.69) is 11.2 Å². The second-order valence-electron chi connectivity index (χ2n) is 4.27. The van der Waals surface area contributed by atoms with Crippen LogP contribution in [0.25, 0.3) is 11.3 Å². The van der Waals surface area contributed by atoms with Crippen LogP contribution in [-0.4, -0.2) is 42.3 Å². The number of benzene rings is 1. The first kappa shape index (κ1) is 11.9. The Hall–Kier alpha value is -2.14. The van der Waals surface area contributed by atoms with Crippen molar-refractivity contribution in [3.8, 4) is 11.3 Å². The van der Waals surface area contributed by atoms with Crippen LogP contribution < -0.4 is 0 Å². The highest BCUT2D eigenvalue weighted by Crippen LogP contribution is 2.19. The summed E-state index contributed by atoms with van der Waals surface area (Å²) in [4.78, 5) is 13.9. The van der Waals surface area contributed by atoms with Gasteiger partial charge in [-0.3, -0.25) is 4.79 Å². The third-order valence-corrected chi connectivity index (χ3v) is 3.03. The van der Waals surface area contributed by atoms with Gasteiger partial charge in [0.15, 0.2) is 0 Å². The topological polar surface area (TPSA) is 55.6 Å². The Morgan fingerprint density at radius 3 is 2.74 bits per heavy atom. The number of morpholine rings is 1. The first-order valence-electron chi connectivity index (χ1n) is 6.15. The molecule has 1 amide bonds. The Balaban J connectivity index is 1.79. The molecule has 0 unspecified atom stereocenters. The Bertz CT molecular complexity index is 559. The predicted molar refractivity (Wildman–Crippen MR) is 67.5 cm³/mol. The van der Waals surface area contributed by atoms with E-state index >= 15 is 0 Å². The van der Waals surface area contributed by atoms with E-state index < -0.39 is 0 Å². The highest BCUT2D eigenvalue weighted by Gasteiger charge is 2.22. The average molecular weight is 257 g/mol. The number of nitrogens with zero attached hydrogens (tertiary/aromatic N) is 2. The molecule has 97 valence electrons. The molecule has 0 spiro atoms. The second kappa shape index (κ2) is 5.24. The number of amides is 1. The van der Waals surface area contributed by atoms with Crippen LogP contribution in [0.2, 0.25) is 0 Å². The van der Waals surface area contributed by atoms with Crippen LogP contribution in [0.4, 0.5) is 0 Å². The summed E-state index contributed by atoms with van der Waals surface area (Å²) in [5.41, 5.74) is 1.56. The largest absolute Gasteiger partial charge is 0.378 e. The van der Waals surface area contributed by atoms with E-state index in [9.17, 15) is 4.79 Å². The summed E-state index contributed by atoms with van der Waals surface area (Å²) in [6, 6.07) is 12.0. The van der Waals surface area contributed by atoms with Crippen molar-refractivity contribution in [2.45, 2.75) is 0 Å². The molecule has 2 aromatic rings. The van der Waals surface area contributed by atoms with E-state index in [0.717, 1.165) is 5.56 Å². The van der Waals surface area contributed by atoms with Gasteiger partial charge >= 0.3 is 0 Å². The fourth-order valence-corrected chi connectivity index (χ4v) is 1.99. The minimum atomic E-state index is -0.135. The van der Waals surface area contributed by atoms with Crippen LogP contribution in [0.3, 0.4) is 0 Å². The van der Waals surface area contributed by atoms with Gasteiger partial charge < -0.3 is 14.2 Å². The van der Waals surface area contributed by atoms with Crippen molar-refractivity contribution >= 4 is 5.91 Å². The van der Waals surface area contributed by atoms with Gasteiger partial charge in [0.05, 0.1) is 13.2 Å². The molecule has 1 aliphatic heterocycles. The lowest BCUT2D eigenvalue weighted by Gasteiger charge is -2.25. The van der Waals surface area contributed by atoms with Gasteiger partial charge in [-0.25, -0.2) is 0 Å². The van der Waals surface area contributed by atoms with Crippen LogP contribution in [0.15, 0.2) is 34.9 Å². The first-order valence-corrected chi connectivity index (χ1v) is 6.15. The summed E-state index contributed by atoms with van der Waals surface area (Å²) in [7, 11) is 0. The maximum atomic E-state index is 12.2. The van der Waals surface area contributed by atoms with E-state index in [1.807, 2.05) is 12.1 Å². The number of hydrogen-bond acceptors (Lipinski definition) is 4. The van der Waals surface area contributed by atoms with Gasteiger partial charge in [-0.05, 0) is 6.07 Å². The van der Waals surface area contributed by atoms with Gasteiger partial charge in [-0.15, -0.1) is 0 Å². The monoisotopic (exact) mass is 257 g/mol. The van der Waals surface area contributed by atoms with Crippen molar-refractivity contribution in [3.63, 3.8) is 0 Å². The molecule has 0 atom stereocenters. The third-order valence-electron chi connectivity index (χ3n) is 3.03. The van der Waals surface area contributed by atoms with E-state index in [1.54, 1.807) is 23.1 Å². The average Bonchev–Trinajstić information content (AvgIpc) is 2.98. The van der Waals surface area contributed by atoms with Crippen molar-refractivity contribution in [1.82, 2.24) is 10.1 Å². The molecule has 1 saturated heterocycles. The van der Waals surface area contributed by atoms with E-state index in [-0.39, 0.29) is 11.7 Å². The van der Waals surface area contributed by atoms with Crippen LogP contribution >= 0.6 is 0 Å². The predicted octanol–water partition coefficient (Wildman–Crippen LogP) is 1.61. The zero-order valence-electron chi connectivity index (χ0n) is 10.3. The molecule has 5 heteroatoms. The fourth-order valence-electron chi connectivity index (χ4n) is 1.99. The Morgan fingerprint density at radius 1 is 1.26 bits per heavy atom. The molecule has 0 N–H and O–H groups in total.